The van der Waals surface area contributed by atoms with Crippen molar-refractivity contribution in [1.82, 2.24) is 20.4 Å². The number of hydrogen-bond acceptors (Lipinski definition) is 3. The van der Waals surface area contributed by atoms with E-state index in [4.69, 9.17) is 0 Å². The van der Waals surface area contributed by atoms with Crippen molar-refractivity contribution in [3.8, 4) is 0 Å². The van der Waals surface area contributed by atoms with Crippen molar-refractivity contribution < 1.29 is 4.39 Å². The van der Waals surface area contributed by atoms with E-state index in [1.807, 2.05) is 35.3 Å². The monoisotopic (exact) mass is 330 g/mol. The molecule has 2 aromatic rings. The van der Waals surface area contributed by atoms with Crippen LogP contribution >= 0.6 is 0 Å². The molecule has 0 bridgehead atoms. The first-order valence-electron chi connectivity index (χ1n) is 8.87. The highest BCUT2D eigenvalue weighted by atomic mass is 19.1. The highest BCUT2D eigenvalue weighted by Gasteiger charge is 2.23. The van der Waals surface area contributed by atoms with Gasteiger partial charge >= 0.3 is 0 Å². The van der Waals surface area contributed by atoms with Gasteiger partial charge in [0.2, 0.25) is 0 Å². The lowest BCUT2D eigenvalue weighted by Gasteiger charge is -2.26. The second-order valence-electron chi connectivity index (χ2n) is 6.69. The van der Waals surface area contributed by atoms with Crippen LogP contribution in [0.5, 0.6) is 0 Å². The Morgan fingerprint density at radius 3 is 2.79 bits per heavy atom. The maximum atomic E-state index is 14.3. The topological polar surface area (TPSA) is 41.9 Å². The molecule has 0 saturated carbocycles. The van der Waals surface area contributed by atoms with Gasteiger partial charge in [-0.25, -0.2) is 4.39 Å². The number of hydrogen-bond donors (Lipinski definition) is 2. The molecule has 2 atom stereocenters. The molecule has 1 aliphatic rings. The molecule has 3 rings (SSSR count). The number of benzene rings is 1. The van der Waals surface area contributed by atoms with Crippen molar-refractivity contribution in [3.63, 3.8) is 0 Å². The van der Waals surface area contributed by atoms with Crippen LogP contribution in [0.2, 0.25) is 0 Å². The molecule has 1 fully saturated rings. The number of nitrogens with zero attached hydrogens (tertiary/aromatic N) is 2. The van der Waals surface area contributed by atoms with E-state index in [2.05, 4.69) is 34.8 Å². The molecule has 0 amide bonds. The summed E-state index contributed by atoms with van der Waals surface area (Å²) < 4.78 is 16.3. The molecule has 1 saturated heterocycles. The van der Waals surface area contributed by atoms with Crippen LogP contribution in [0.15, 0.2) is 42.7 Å². The number of piperidine rings is 1. The molecule has 2 N–H and O–H groups in total. The summed E-state index contributed by atoms with van der Waals surface area (Å²) in [5.41, 5.74) is 2.32. The van der Waals surface area contributed by atoms with Crippen molar-refractivity contribution in [3.05, 3.63) is 53.9 Å². The fourth-order valence-corrected chi connectivity index (χ4v) is 3.24. The van der Waals surface area contributed by atoms with Crippen molar-refractivity contribution in [2.45, 2.75) is 38.5 Å². The lowest BCUT2D eigenvalue weighted by atomic mass is 9.93. The summed E-state index contributed by atoms with van der Waals surface area (Å²) in [7, 11) is 0. The Morgan fingerprint density at radius 2 is 2.04 bits per heavy atom. The average Bonchev–Trinajstić information content (AvgIpc) is 3.09. The number of halogens is 1. The zero-order chi connectivity index (χ0) is 16.8. The van der Waals surface area contributed by atoms with Crippen molar-refractivity contribution in [2.75, 3.05) is 19.6 Å². The van der Waals surface area contributed by atoms with E-state index in [0.717, 1.165) is 38.0 Å². The molecular weight excluding hydrogens is 303 g/mol. The summed E-state index contributed by atoms with van der Waals surface area (Å²) in [5.74, 6) is 0.187. The Kier molecular flexibility index (Phi) is 5.99. The molecule has 2 unspecified atom stereocenters. The van der Waals surface area contributed by atoms with E-state index in [-0.39, 0.29) is 12.0 Å². The lowest BCUT2D eigenvalue weighted by Crippen LogP contribution is -2.37. The Morgan fingerprint density at radius 1 is 1.29 bits per heavy atom. The second kappa shape index (κ2) is 8.40. The van der Waals surface area contributed by atoms with Crippen molar-refractivity contribution >= 4 is 0 Å². The van der Waals surface area contributed by atoms with Gasteiger partial charge in [0.05, 0.1) is 12.7 Å². The smallest absolute Gasteiger partial charge is 0.115 e. The fraction of sp³-hybridized carbons (Fsp3) is 0.526. The quantitative estimate of drug-likeness (QED) is 0.820. The molecule has 0 aliphatic carbocycles. The van der Waals surface area contributed by atoms with Crippen LogP contribution in [0.3, 0.4) is 0 Å². The summed E-state index contributed by atoms with van der Waals surface area (Å²) in [4.78, 5) is 0. The normalized spacial score (nSPS) is 18.4. The minimum Gasteiger partial charge on any atom is -0.317 e. The first-order valence-corrected chi connectivity index (χ1v) is 8.87. The minimum absolute atomic E-state index is 0.106. The predicted molar refractivity (Wildman–Crippen MR) is 94.7 cm³/mol. The van der Waals surface area contributed by atoms with Gasteiger partial charge in [-0.1, -0.05) is 30.3 Å². The van der Waals surface area contributed by atoms with Gasteiger partial charge in [0.25, 0.3) is 0 Å². The van der Waals surface area contributed by atoms with E-state index in [0.29, 0.717) is 6.54 Å². The van der Waals surface area contributed by atoms with E-state index >= 15 is 0 Å². The van der Waals surface area contributed by atoms with Crippen LogP contribution in [-0.2, 0) is 6.54 Å². The third-order valence-electron chi connectivity index (χ3n) is 4.85. The third kappa shape index (κ3) is 4.65. The maximum absolute atomic E-state index is 14.3. The van der Waals surface area contributed by atoms with Gasteiger partial charge in [-0.05, 0) is 44.3 Å². The summed E-state index contributed by atoms with van der Waals surface area (Å²) in [5, 5.41) is 11.0. The molecule has 1 aromatic heterocycles. The van der Waals surface area contributed by atoms with Gasteiger partial charge in [-0.2, -0.15) is 5.10 Å². The molecule has 4 nitrogen and oxygen atoms in total. The van der Waals surface area contributed by atoms with Crippen LogP contribution < -0.4 is 10.6 Å². The Bertz CT molecular complexity index is 607. The Balaban J connectivity index is 1.49. The molecule has 0 radical (unpaired) electrons. The molecule has 1 aromatic carbocycles. The van der Waals surface area contributed by atoms with Crippen LogP contribution in [0.4, 0.5) is 4.39 Å². The highest BCUT2D eigenvalue weighted by Crippen LogP contribution is 2.20. The molecule has 24 heavy (non-hydrogen) atoms. The predicted octanol–water partition coefficient (Wildman–Crippen LogP) is 2.92. The maximum Gasteiger partial charge on any atom is 0.115 e. The van der Waals surface area contributed by atoms with Crippen LogP contribution in [0.1, 0.15) is 36.9 Å². The third-order valence-corrected chi connectivity index (χ3v) is 4.85. The first-order chi connectivity index (χ1) is 11.7. The van der Waals surface area contributed by atoms with Crippen LogP contribution in [0, 0.1) is 5.92 Å². The van der Waals surface area contributed by atoms with Gasteiger partial charge in [-0.15, -0.1) is 0 Å². The number of rotatable bonds is 7. The van der Waals surface area contributed by atoms with Crippen molar-refractivity contribution in [2.24, 2.45) is 5.92 Å². The molecule has 1 aliphatic heterocycles. The Hall–Kier alpha value is -1.72. The summed E-state index contributed by atoms with van der Waals surface area (Å²) in [6.45, 7) is 5.11. The van der Waals surface area contributed by atoms with Crippen LogP contribution in [0.25, 0.3) is 0 Å². The molecule has 2 heterocycles. The average molecular weight is 330 g/mol. The van der Waals surface area contributed by atoms with E-state index in [1.54, 1.807) is 0 Å². The van der Waals surface area contributed by atoms with Gasteiger partial charge in [-0.3, -0.25) is 4.68 Å². The van der Waals surface area contributed by atoms with Gasteiger partial charge in [0.1, 0.15) is 6.17 Å². The Labute approximate surface area is 143 Å². The van der Waals surface area contributed by atoms with Gasteiger partial charge in [0, 0.05) is 24.3 Å². The summed E-state index contributed by atoms with van der Waals surface area (Å²) >= 11 is 0. The van der Waals surface area contributed by atoms with E-state index in [9.17, 15) is 4.39 Å². The molecule has 5 heteroatoms. The number of nitrogens with one attached hydrogen (secondary N) is 2. The largest absolute Gasteiger partial charge is 0.317 e. The molecule has 0 spiro atoms. The summed E-state index contributed by atoms with van der Waals surface area (Å²) in [6.07, 6.45) is 5.02. The minimum atomic E-state index is -0.770. The highest BCUT2D eigenvalue weighted by molar-refractivity contribution is 5.16. The molecule has 130 valence electrons. The molecular formula is C19H27FN4. The zero-order valence-corrected chi connectivity index (χ0v) is 14.3. The van der Waals surface area contributed by atoms with E-state index in [1.165, 1.54) is 5.56 Å². The zero-order valence-electron chi connectivity index (χ0n) is 14.3. The lowest BCUT2D eigenvalue weighted by molar-refractivity contribution is 0.180. The SMILES string of the molecule is CC(NCC(F)C1CCNCC1)c1cnn(Cc2ccccc2)c1. The number of alkyl halides is 1. The van der Waals surface area contributed by atoms with Gasteiger partial charge < -0.3 is 10.6 Å². The first kappa shape index (κ1) is 17.1. The fourth-order valence-electron chi connectivity index (χ4n) is 3.24. The second-order valence-corrected chi connectivity index (χ2v) is 6.69. The number of aromatic nitrogens is 2. The summed E-state index contributed by atoms with van der Waals surface area (Å²) in [6, 6.07) is 10.4. The van der Waals surface area contributed by atoms with Gasteiger partial charge in [0.15, 0.2) is 0 Å². The van der Waals surface area contributed by atoms with E-state index < -0.39 is 6.17 Å². The van der Waals surface area contributed by atoms with Crippen LogP contribution in [-0.4, -0.2) is 35.6 Å². The van der Waals surface area contributed by atoms with Crippen molar-refractivity contribution in [1.29, 1.82) is 0 Å². The standard InChI is InChI=1S/C19H27FN4/c1-15(22-12-19(20)17-7-9-21-10-8-17)18-11-23-24(14-18)13-16-5-3-2-4-6-16/h2-6,11,14-15,17,19,21-22H,7-10,12-13H2,1H3.